The monoisotopic (exact) mass is 241 g/mol. The third kappa shape index (κ3) is 2.18. The van der Waals surface area contributed by atoms with E-state index in [1.165, 1.54) is 16.8 Å². The molecule has 3 heteroatoms. The smallest absolute Gasteiger partial charge is 0.113 e. The van der Waals surface area contributed by atoms with E-state index in [4.69, 9.17) is 5.73 Å². The van der Waals surface area contributed by atoms with Crippen LogP contribution in [0.1, 0.15) is 29.1 Å². The molecule has 2 N–H and O–H groups in total. The first-order valence-corrected chi connectivity index (χ1v) is 6.57. The van der Waals surface area contributed by atoms with Crippen LogP contribution in [0.15, 0.2) is 30.5 Å². The summed E-state index contributed by atoms with van der Waals surface area (Å²) in [6, 6.07) is 8.95. The molecule has 94 valence electrons. The molecule has 2 aromatic rings. The molecule has 1 aromatic carbocycles. The fourth-order valence-corrected chi connectivity index (χ4v) is 2.56. The molecule has 0 saturated heterocycles. The Morgan fingerprint density at radius 2 is 2.11 bits per heavy atom. The summed E-state index contributed by atoms with van der Waals surface area (Å²) < 4.78 is 2.30. The first-order chi connectivity index (χ1) is 8.72. The lowest BCUT2D eigenvalue weighted by Gasteiger charge is -2.22. The second kappa shape index (κ2) is 4.58. The van der Waals surface area contributed by atoms with E-state index in [0.717, 1.165) is 31.6 Å². The van der Waals surface area contributed by atoms with Crippen molar-refractivity contribution in [2.45, 2.75) is 38.8 Å². The Morgan fingerprint density at radius 1 is 1.33 bits per heavy atom. The molecule has 18 heavy (non-hydrogen) atoms. The number of nitrogens with zero attached hydrogens (tertiary/aromatic N) is 2. The second-order valence-corrected chi connectivity index (χ2v) is 5.24. The van der Waals surface area contributed by atoms with Crippen molar-refractivity contribution in [3.63, 3.8) is 0 Å². The Balaban J connectivity index is 1.85. The Bertz CT molecular complexity index is 539. The number of rotatable bonds is 2. The van der Waals surface area contributed by atoms with E-state index < -0.39 is 0 Å². The summed E-state index contributed by atoms with van der Waals surface area (Å²) in [7, 11) is 0. The second-order valence-electron chi connectivity index (χ2n) is 5.24. The van der Waals surface area contributed by atoms with Crippen molar-refractivity contribution in [2.24, 2.45) is 5.73 Å². The van der Waals surface area contributed by atoms with Gasteiger partial charge in [0.2, 0.25) is 0 Å². The molecule has 1 aliphatic rings. The number of hydrogen-bond acceptors (Lipinski definition) is 2. The topological polar surface area (TPSA) is 43.8 Å². The summed E-state index contributed by atoms with van der Waals surface area (Å²) in [6.45, 7) is 3.02. The van der Waals surface area contributed by atoms with Gasteiger partial charge in [-0.15, -0.1) is 0 Å². The SMILES string of the molecule is Cc1ccc(Cc2ncc3n2CC(N)CC3)cc1. The van der Waals surface area contributed by atoms with Crippen LogP contribution in [0, 0.1) is 6.92 Å². The normalized spacial score (nSPS) is 18.7. The van der Waals surface area contributed by atoms with Gasteiger partial charge in [-0.05, 0) is 25.3 Å². The van der Waals surface area contributed by atoms with Gasteiger partial charge in [0.15, 0.2) is 0 Å². The maximum absolute atomic E-state index is 6.04. The number of aryl methyl sites for hydroxylation is 2. The highest BCUT2D eigenvalue weighted by molar-refractivity contribution is 5.25. The van der Waals surface area contributed by atoms with Crippen molar-refractivity contribution in [3.05, 3.63) is 53.1 Å². The Labute approximate surface area is 108 Å². The van der Waals surface area contributed by atoms with E-state index >= 15 is 0 Å². The minimum atomic E-state index is 0.281. The molecular formula is C15H19N3. The van der Waals surface area contributed by atoms with Gasteiger partial charge in [-0.3, -0.25) is 0 Å². The van der Waals surface area contributed by atoms with Crippen LogP contribution >= 0.6 is 0 Å². The molecule has 1 atom stereocenters. The largest absolute Gasteiger partial charge is 0.330 e. The van der Waals surface area contributed by atoms with E-state index in [1.807, 2.05) is 6.20 Å². The van der Waals surface area contributed by atoms with Crippen LogP contribution < -0.4 is 5.73 Å². The summed E-state index contributed by atoms with van der Waals surface area (Å²) >= 11 is 0. The molecule has 0 fully saturated rings. The van der Waals surface area contributed by atoms with Crippen molar-refractivity contribution in [2.75, 3.05) is 0 Å². The lowest BCUT2D eigenvalue weighted by Crippen LogP contribution is -2.32. The first-order valence-electron chi connectivity index (χ1n) is 6.57. The van der Waals surface area contributed by atoms with Crippen LogP contribution in [0.25, 0.3) is 0 Å². The maximum atomic E-state index is 6.04. The van der Waals surface area contributed by atoms with Gasteiger partial charge in [0.05, 0.1) is 0 Å². The number of nitrogens with two attached hydrogens (primary N) is 1. The summed E-state index contributed by atoms with van der Waals surface area (Å²) in [6.07, 6.45) is 5.04. The van der Waals surface area contributed by atoms with Gasteiger partial charge >= 0.3 is 0 Å². The van der Waals surface area contributed by atoms with Crippen LogP contribution in [0.3, 0.4) is 0 Å². The van der Waals surface area contributed by atoms with E-state index in [0.29, 0.717) is 0 Å². The number of imidazole rings is 1. The van der Waals surface area contributed by atoms with Crippen LogP contribution in [0.5, 0.6) is 0 Å². The standard InChI is InChI=1S/C15H19N3/c1-11-2-4-12(5-3-11)8-15-17-9-14-7-6-13(16)10-18(14)15/h2-5,9,13H,6-8,10,16H2,1H3. The summed E-state index contributed by atoms with van der Waals surface area (Å²) in [5, 5.41) is 0. The molecule has 0 saturated carbocycles. The fraction of sp³-hybridized carbons (Fsp3) is 0.400. The fourth-order valence-electron chi connectivity index (χ4n) is 2.56. The molecule has 2 heterocycles. The molecule has 3 rings (SSSR count). The number of benzene rings is 1. The Hall–Kier alpha value is -1.61. The van der Waals surface area contributed by atoms with Gasteiger partial charge in [0.1, 0.15) is 5.82 Å². The van der Waals surface area contributed by atoms with Gasteiger partial charge < -0.3 is 10.3 Å². The summed E-state index contributed by atoms with van der Waals surface area (Å²) in [4.78, 5) is 4.56. The minimum absolute atomic E-state index is 0.281. The van der Waals surface area contributed by atoms with Gasteiger partial charge in [-0.25, -0.2) is 4.98 Å². The lowest BCUT2D eigenvalue weighted by molar-refractivity contribution is 0.451. The Kier molecular flexibility index (Phi) is 2.92. The predicted octanol–water partition coefficient (Wildman–Crippen LogP) is 2.06. The van der Waals surface area contributed by atoms with Crippen LogP contribution in [0.4, 0.5) is 0 Å². The molecule has 1 aromatic heterocycles. The van der Waals surface area contributed by atoms with E-state index in [1.54, 1.807) is 0 Å². The zero-order valence-corrected chi connectivity index (χ0v) is 10.8. The van der Waals surface area contributed by atoms with Gasteiger partial charge in [-0.2, -0.15) is 0 Å². The van der Waals surface area contributed by atoms with E-state index in [2.05, 4.69) is 40.7 Å². The van der Waals surface area contributed by atoms with E-state index in [-0.39, 0.29) is 6.04 Å². The quantitative estimate of drug-likeness (QED) is 0.874. The molecule has 0 spiro atoms. The maximum Gasteiger partial charge on any atom is 0.113 e. The highest BCUT2D eigenvalue weighted by Gasteiger charge is 2.18. The van der Waals surface area contributed by atoms with Gasteiger partial charge in [0, 0.05) is 30.9 Å². The van der Waals surface area contributed by atoms with Crippen molar-refractivity contribution in [3.8, 4) is 0 Å². The third-order valence-corrected chi connectivity index (χ3v) is 3.69. The molecule has 0 radical (unpaired) electrons. The predicted molar refractivity (Wildman–Crippen MR) is 72.5 cm³/mol. The van der Waals surface area contributed by atoms with Gasteiger partial charge in [0.25, 0.3) is 0 Å². The number of fused-ring (bicyclic) bond motifs is 1. The van der Waals surface area contributed by atoms with Crippen molar-refractivity contribution >= 4 is 0 Å². The molecule has 1 unspecified atom stereocenters. The van der Waals surface area contributed by atoms with Crippen molar-refractivity contribution in [1.82, 2.24) is 9.55 Å². The van der Waals surface area contributed by atoms with E-state index in [9.17, 15) is 0 Å². The highest BCUT2D eigenvalue weighted by atomic mass is 15.1. The molecule has 0 amide bonds. The average Bonchev–Trinajstić information content (AvgIpc) is 2.75. The summed E-state index contributed by atoms with van der Waals surface area (Å²) in [5.74, 6) is 1.14. The van der Waals surface area contributed by atoms with Crippen LogP contribution in [-0.4, -0.2) is 15.6 Å². The lowest BCUT2D eigenvalue weighted by atomic mass is 10.1. The summed E-state index contributed by atoms with van der Waals surface area (Å²) in [5.41, 5.74) is 9.98. The number of hydrogen-bond donors (Lipinski definition) is 1. The van der Waals surface area contributed by atoms with Gasteiger partial charge in [-0.1, -0.05) is 29.8 Å². The van der Waals surface area contributed by atoms with Crippen molar-refractivity contribution in [1.29, 1.82) is 0 Å². The molecule has 0 aliphatic carbocycles. The highest BCUT2D eigenvalue weighted by Crippen LogP contribution is 2.18. The third-order valence-electron chi connectivity index (χ3n) is 3.69. The molecule has 3 nitrogen and oxygen atoms in total. The molecule has 1 aliphatic heterocycles. The van der Waals surface area contributed by atoms with Crippen LogP contribution in [-0.2, 0) is 19.4 Å². The molecular weight excluding hydrogens is 222 g/mol. The van der Waals surface area contributed by atoms with Crippen molar-refractivity contribution < 1.29 is 0 Å². The van der Waals surface area contributed by atoms with Crippen LogP contribution in [0.2, 0.25) is 0 Å². The molecule has 0 bridgehead atoms. The first kappa shape index (κ1) is 11.5. The zero-order valence-electron chi connectivity index (χ0n) is 10.8. The average molecular weight is 241 g/mol. The number of aromatic nitrogens is 2. The Morgan fingerprint density at radius 3 is 2.89 bits per heavy atom. The minimum Gasteiger partial charge on any atom is -0.330 e. The zero-order chi connectivity index (χ0) is 12.5.